The summed E-state index contributed by atoms with van der Waals surface area (Å²) in [7, 11) is 0. The van der Waals surface area contributed by atoms with Crippen molar-refractivity contribution in [3.63, 3.8) is 0 Å². The molecule has 0 saturated heterocycles. The van der Waals surface area contributed by atoms with E-state index in [2.05, 4.69) is 26.5 Å². The van der Waals surface area contributed by atoms with E-state index in [0.29, 0.717) is 0 Å². The highest BCUT2D eigenvalue weighted by atomic mass is 79.9. The van der Waals surface area contributed by atoms with E-state index in [9.17, 15) is 0 Å². The summed E-state index contributed by atoms with van der Waals surface area (Å²) in [4.78, 5) is 0. The molecule has 4 nitrogen and oxygen atoms in total. The van der Waals surface area contributed by atoms with Crippen molar-refractivity contribution in [2.45, 2.75) is 0 Å². The first-order chi connectivity index (χ1) is 9.15. The average Bonchev–Trinajstić information content (AvgIpc) is 2.39. The van der Waals surface area contributed by atoms with Gasteiger partial charge in [0, 0.05) is 4.47 Å². The lowest BCUT2D eigenvalue weighted by Gasteiger charge is -2.03. The smallest absolute Gasteiger partial charge is 0.206 e. The fourth-order valence-corrected chi connectivity index (χ4v) is 1.88. The van der Waals surface area contributed by atoms with Gasteiger partial charge in [0.15, 0.2) is 0 Å². The highest BCUT2D eigenvalue weighted by Crippen LogP contribution is 2.22. The average molecular weight is 317 g/mol. The predicted octanol–water partition coefficient (Wildman–Crippen LogP) is 2.93. The molecule has 0 atom stereocenters. The van der Waals surface area contributed by atoms with Crippen molar-refractivity contribution in [3.8, 4) is 11.1 Å². The van der Waals surface area contributed by atoms with E-state index in [1.165, 1.54) is 0 Å². The molecule has 0 heterocycles. The largest absolute Gasteiger partial charge is 0.369 e. The van der Waals surface area contributed by atoms with Crippen LogP contribution in [-0.2, 0) is 0 Å². The monoisotopic (exact) mass is 316 g/mol. The van der Waals surface area contributed by atoms with Gasteiger partial charge in [0.1, 0.15) is 0 Å². The highest BCUT2D eigenvalue weighted by molar-refractivity contribution is 9.10. The molecule has 0 spiro atoms. The molecule has 5 heteroatoms. The Kier molecular flexibility index (Phi) is 4.30. The molecular formula is C14H13BrN4. The number of nitrogens with two attached hydrogens (primary N) is 1. The molecule has 0 radical (unpaired) electrons. The number of benzene rings is 2. The molecule has 2 aromatic carbocycles. The first-order valence-electron chi connectivity index (χ1n) is 5.64. The van der Waals surface area contributed by atoms with Crippen molar-refractivity contribution in [1.82, 2.24) is 5.43 Å². The zero-order chi connectivity index (χ0) is 13.7. The van der Waals surface area contributed by atoms with E-state index in [4.69, 9.17) is 11.1 Å². The van der Waals surface area contributed by atoms with Crippen LogP contribution < -0.4 is 11.2 Å². The van der Waals surface area contributed by atoms with Gasteiger partial charge in [-0.3, -0.25) is 5.41 Å². The van der Waals surface area contributed by atoms with E-state index in [1.807, 2.05) is 48.5 Å². The summed E-state index contributed by atoms with van der Waals surface area (Å²) < 4.78 is 1.06. The normalized spacial score (nSPS) is 10.6. The van der Waals surface area contributed by atoms with Crippen LogP contribution in [0.15, 0.2) is 58.1 Å². The minimum atomic E-state index is -0.180. The number of guanidine groups is 1. The van der Waals surface area contributed by atoms with Gasteiger partial charge in [0.25, 0.3) is 0 Å². The number of rotatable bonds is 3. The molecule has 4 N–H and O–H groups in total. The molecule has 2 rings (SSSR count). The Hall–Kier alpha value is -2.14. The summed E-state index contributed by atoms with van der Waals surface area (Å²) in [6.07, 6.45) is 1.63. The predicted molar refractivity (Wildman–Crippen MR) is 82.2 cm³/mol. The van der Waals surface area contributed by atoms with Crippen LogP contribution in [0.25, 0.3) is 11.1 Å². The minimum Gasteiger partial charge on any atom is -0.369 e. The Morgan fingerprint density at radius 3 is 2.58 bits per heavy atom. The van der Waals surface area contributed by atoms with Gasteiger partial charge in [-0.15, -0.1) is 0 Å². The standard InChI is InChI=1S/C14H13BrN4/c15-13-6-4-11(5-7-13)12-3-1-2-10(8-12)9-18-19-14(16)17/h1-9H,(H4,16,17,19)/b18-9+. The zero-order valence-corrected chi connectivity index (χ0v) is 11.7. The second-order valence-electron chi connectivity index (χ2n) is 3.92. The Bertz CT molecular complexity index is 605. The molecule has 19 heavy (non-hydrogen) atoms. The maximum Gasteiger partial charge on any atom is 0.206 e. The fourth-order valence-electron chi connectivity index (χ4n) is 1.62. The van der Waals surface area contributed by atoms with E-state index in [-0.39, 0.29) is 5.96 Å². The summed E-state index contributed by atoms with van der Waals surface area (Å²) >= 11 is 3.42. The van der Waals surface area contributed by atoms with Crippen molar-refractivity contribution in [2.24, 2.45) is 10.8 Å². The van der Waals surface area contributed by atoms with E-state index >= 15 is 0 Å². The Balaban J connectivity index is 2.21. The zero-order valence-electron chi connectivity index (χ0n) is 10.1. The van der Waals surface area contributed by atoms with Crippen molar-refractivity contribution in [2.75, 3.05) is 0 Å². The highest BCUT2D eigenvalue weighted by Gasteiger charge is 1.98. The lowest BCUT2D eigenvalue weighted by Crippen LogP contribution is -2.25. The van der Waals surface area contributed by atoms with Gasteiger partial charge in [-0.1, -0.05) is 46.3 Å². The third-order valence-corrected chi connectivity index (χ3v) is 2.99. The van der Waals surface area contributed by atoms with Gasteiger partial charge in [0.2, 0.25) is 5.96 Å². The Morgan fingerprint density at radius 2 is 1.89 bits per heavy atom. The molecule has 0 amide bonds. The second kappa shape index (κ2) is 6.15. The fraction of sp³-hybridized carbons (Fsp3) is 0. The summed E-state index contributed by atoms with van der Waals surface area (Å²) in [6, 6.07) is 16.1. The summed E-state index contributed by atoms with van der Waals surface area (Å²) in [5.74, 6) is -0.180. The van der Waals surface area contributed by atoms with Crippen LogP contribution in [0, 0.1) is 5.41 Å². The van der Waals surface area contributed by atoms with Gasteiger partial charge < -0.3 is 5.73 Å². The molecule has 0 bridgehead atoms. The molecule has 0 unspecified atom stereocenters. The number of hydrogen-bond acceptors (Lipinski definition) is 2. The summed E-state index contributed by atoms with van der Waals surface area (Å²) in [5.41, 5.74) is 10.7. The molecule has 0 aliphatic heterocycles. The van der Waals surface area contributed by atoms with Crippen molar-refractivity contribution in [1.29, 1.82) is 5.41 Å². The third-order valence-electron chi connectivity index (χ3n) is 2.46. The summed E-state index contributed by atoms with van der Waals surface area (Å²) in [6.45, 7) is 0. The molecular weight excluding hydrogens is 304 g/mol. The van der Waals surface area contributed by atoms with Gasteiger partial charge in [-0.2, -0.15) is 5.10 Å². The van der Waals surface area contributed by atoms with E-state index in [0.717, 1.165) is 21.2 Å². The minimum absolute atomic E-state index is 0.180. The second-order valence-corrected chi connectivity index (χ2v) is 4.83. The number of hydrazone groups is 1. The maximum atomic E-state index is 7.01. The van der Waals surface area contributed by atoms with Gasteiger partial charge >= 0.3 is 0 Å². The summed E-state index contributed by atoms with van der Waals surface area (Å²) in [5, 5.41) is 10.9. The lowest BCUT2D eigenvalue weighted by molar-refractivity contribution is 1.00. The van der Waals surface area contributed by atoms with Crippen LogP contribution in [0.1, 0.15) is 5.56 Å². The number of hydrogen-bond donors (Lipinski definition) is 3. The molecule has 0 saturated carbocycles. The van der Waals surface area contributed by atoms with E-state index < -0.39 is 0 Å². The molecule has 2 aromatic rings. The van der Waals surface area contributed by atoms with Gasteiger partial charge in [0.05, 0.1) is 6.21 Å². The van der Waals surface area contributed by atoms with Crippen LogP contribution in [0.2, 0.25) is 0 Å². The van der Waals surface area contributed by atoms with Crippen LogP contribution in [0.5, 0.6) is 0 Å². The quantitative estimate of drug-likeness (QED) is 0.462. The SMILES string of the molecule is N=C(N)N/N=C/c1cccc(-c2ccc(Br)cc2)c1. The number of halogens is 1. The van der Waals surface area contributed by atoms with Crippen LogP contribution in [-0.4, -0.2) is 12.2 Å². The maximum absolute atomic E-state index is 7.01. The first kappa shape index (κ1) is 13.3. The van der Waals surface area contributed by atoms with Gasteiger partial charge in [-0.25, -0.2) is 5.43 Å². The molecule has 0 aliphatic carbocycles. The van der Waals surface area contributed by atoms with Crippen molar-refractivity contribution < 1.29 is 0 Å². The third kappa shape index (κ3) is 3.93. The molecule has 0 aliphatic rings. The molecule has 96 valence electrons. The topological polar surface area (TPSA) is 74.3 Å². The molecule has 0 aromatic heterocycles. The van der Waals surface area contributed by atoms with Crippen molar-refractivity contribution in [3.05, 3.63) is 58.6 Å². The Labute approximate surface area is 120 Å². The van der Waals surface area contributed by atoms with Crippen LogP contribution in [0.4, 0.5) is 0 Å². The molecule has 0 fully saturated rings. The van der Waals surface area contributed by atoms with Crippen LogP contribution in [0.3, 0.4) is 0 Å². The van der Waals surface area contributed by atoms with Crippen LogP contribution >= 0.6 is 15.9 Å². The lowest BCUT2D eigenvalue weighted by atomic mass is 10.0. The first-order valence-corrected chi connectivity index (χ1v) is 6.43. The number of nitrogens with one attached hydrogen (secondary N) is 2. The van der Waals surface area contributed by atoms with E-state index in [1.54, 1.807) is 6.21 Å². The van der Waals surface area contributed by atoms with Gasteiger partial charge in [-0.05, 0) is 34.9 Å². The number of nitrogens with zero attached hydrogens (tertiary/aromatic N) is 1. The Morgan fingerprint density at radius 1 is 1.16 bits per heavy atom. The van der Waals surface area contributed by atoms with Crippen molar-refractivity contribution >= 4 is 28.1 Å².